The Morgan fingerprint density at radius 2 is 1.35 bits per heavy atom. The summed E-state index contributed by atoms with van der Waals surface area (Å²) in [6.45, 7) is 13.4. The predicted octanol–water partition coefficient (Wildman–Crippen LogP) is 10.5. The molecule has 0 unspecified atom stereocenters. The first-order valence-corrected chi connectivity index (χ1v) is 15.1. The molecule has 4 aromatic carbocycles. The van der Waals surface area contributed by atoms with Crippen LogP contribution < -0.4 is 0 Å². The molecule has 0 fully saturated rings. The summed E-state index contributed by atoms with van der Waals surface area (Å²) in [5.41, 5.74) is 10.1. The van der Waals surface area contributed by atoms with E-state index in [-0.39, 0.29) is 37.6 Å². The normalized spacial score (nSPS) is 11.9. The van der Waals surface area contributed by atoms with Crippen LogP contribution in [-0.2, 0) is 31.9 Å². The van der Waals surface area contributed by atoms with E-state index in [1.165, 1.54) is 11.1 Å². The SMILES string of the molecule is CC(C)(C)c1ccnc(-c2[c-]c(-c3cc(C(C)(C)C)cc4sc(-c5ccccc5O)nc34)cc(-c3ccccc3)c2)c1.[Pt]. The fourth-order valence-corrected chi connectivity index (χ4v) is 6.20. The Bertz CT molecular complexity index is 1910. The molecule has 43 heavy (non-hydrogen) atoms. The van der Waals surface area contributed by atoms with E-state index in [4.69, 9.17) is 9.97 Å². The summed E-state index contributed by atoms with van der Waals surface area (Å²) in [6, 6.07) is 34.8. The van der Waals surface area contributed by atoms with Crippen molar-refractivity contribution in [1.82, 2.24) is 9.97 Å². The smallest absolute Gasteiger partial charge is 0.127 e. The minimum absolute atomic E-state index is 0. The van der Waals surface area contributed by atoms with E-state index in [2.05, 4.69) is 108 Å². The number of aromatic nitrogens is 2. The zero-order valence-electron chi connectivity index (χ0n) is 25.3. The molecule has 2 heterocycles. The summed E-state index contributed by atoms with van der Waals surface area (Å²) in [6.07, 6.45) is 1.90. The van der Waals surface area contributed by atoms with Crippen molar-refractivity contribution in [3.05, 3.63) is 114 Å². The van der Waals surface area contributed by atoms with Gasteiger partial charge in [0.05, 0.1) is 11.1 Å². The van der Waals surface area contributed by atoms with Crippen molar-refractivity contribution in [2.75, 3.05) is 0 Å². The maximum atomic E-state index is 10.6. The molecule has 5 heteroatoms. The number of pyridine rings is 1. The molecule has 1 N–H and O–H groups in total. The molecule has 0 atom stereocenters. The molecule has 0 bridgehead atoms. The van der Waals surface area contributed by atoms with Crippen LogP contribution in [0.25, 0.3) is 54.3 Å². The van der Waals surface area contributed by atoms with Crippen LogP contribution in [0, 0.1) is 6.07 Å². The van der Waals surface area contributed by atoms with Gasteiger partial charge in [0.2, 0.25) is 0 Å². The second-order valence-electron chi connectivity index (χ2n) is 12.9. The summed E-state index contributed by atoms with van der Waals surface area (Å²) < 4.78 is 1.09. The Morgan fingerprint density at radius 3 is 2.05 bits per heavy atom. The summed E-state index contributed by atoms with van der Waals surface area (Å²) in [5.74, 6) is 0.235. The van der Waals surface area contributed by atoms with E-state index in [1.54, 1.807) is 17.4 Å². The van der Waals surface area contributed by atoms with E-state index >= 15 is 0 Å². The van der Waals surface area contributed by atoms with Crippen LogP contribution in [0.5, 0.6) is 5.75 Å². The van der Waals surface area contributed by atoms with Gasteiger partial charge < -0.3 is 5.11 Å². The zero-order chi connectivity index (χ0) is 29.6. The average molecular weight is 763 g/mol. The number of fused-ring (bicyclic) bond motifs is 1. The number of hydrogen-bond donors (Lipinski definition) is 1. The minimum atomic E-state index is -0.0650. The van der Waals surface area contributed by atoms with E-state index in [9.17, 15) is 5.11 Å². The van der Waals surface area contributed by atoms with Gasteiger partial charge in [0.1, 0.15) is 10.8 Å². The van der Waals surface area contributed by atoms with Crippen LogP contribution in [0.2, 0.25) is 0 Å². The van der Waals surface area contributed by atoms with E-state index in [0.717, 1.165) is 54.3 Å². The first-order chi connectivity index (χ1) is 20.0. The number of aromatic hydroxyl groups is 1. The maximum absolute atomic E-state index is 10.6. The van der Waals surface area contributed by atoms with Crippen LogP contribution in [-0.4, -0.2) is 15.1 Å². The van der Waals surface area contributed by atoms with Gasteiger partial charge in [-0.1, -0.05) is 113 Å². The van der Waals surface area contributed by atoms with Crippen molar-refractivity contribution in [1.29, 1.82) is 0 Å². The molecular weight excluding hydrogens is 728 g/mol. The van der Waals surface area contributed by atoms with Gasteiger partial charge in [0.25, 0.3) is 0 Å². The molecule has 2 aromatic heterocycles. The molecule has 0 radical (unpaired) electrons. The van der Waals surface area contributed by atoms with Crippen LogP contribution in [0.15, 0.2) is 97.2 Å². The number of phenolic OH excluding ortho intramolecular Hbond substituents is 1. The number of rotatable bonds is 4. The van der Waals surface area contributed by atoms with Crippen LogP contribution in [0.1, 0.15) is 52.7 Å². The number of nitrogens with zero attached hydrogens (tertiary/aromatic N) is 2. The maximum Gasteiger partial charge on any atom is 0.127 e. The fourth-order valence-electron chi connectivity index (χ4n) is 5.13. The number of para-hydroxylation sites is 1. The Labute approximate surface area is 273 Å². The van der Waals surface area contributed by atoms with Crippen molar-refractivity contribution in [2.45, 2.75) is 52.4 Å². The van der Waals surface area contributed by atoms with Gasteiger partial charge >= 0.3 is 0 Å². The third-order valence-corrected chi connectivity index (χ3v) is 8.70. The third kappa shape index (κ3) is 6.37. The van der Waals surface area contributed by atoms with Crippen LogP contribution in [0.3, 0.4) is 0 Å². The summed E-state index contributed by atoms with van der Waals surface area (Å²) >= 11 is 1.61. The van der Waals surface area contributed by atoms with Crippen molar-refractivity contribution in [3.8, 4) is 49.8 Å². The monoisotopic (exact) mass is 762 g/mol. The largest absolute Gasteiger partial charge is 0.507 e. The van der Waals surface area contributed by atoms with E-state index in [0.29, 0.717) is 0 Å². The zero-order valence-corrected chi connectivity index (χ0v) is 28.4. The topological polar surface area (TPSA) is 46.0 Å². The van der Waals surface area contributed by atoms with Crippen molar-refractivity contribution < 1.29 is 26.2 Å². The number of benzene rings is 4. The van der Waals surface area contributed by atoms with Gasteiger partial charge in [-0.15, -0.1) is 35.1 Å². The quantitative estimate of drug-likeness (QED) is 0.182. The molecule has 0 aliphatic heterocycles. The first kappa shape index (κ1) is 30.9. The molecule has 3 nitrogen and oxygen atoms in total. The second-order valence-corrected chi connectivity index (χ2v) is 13.9. The molecule has 6 aromatic rings. The van der Waals surface area contributed by atoms with Gasteiger partial charge in [0.15, 0.2) is 0 Å². The Kier molecular flexibility index (Phi) is 8.49. The third-order valence-electron chi connectivity index (χ3n) is 7.66. The Hall–Kier alpha value is -3.59. The molecular formula is C38H35N2OPtS-. The van der Waals surface area contributed by atoms with Gasteiger partial charge in [-0.3, -0.25) is 4.98 Å². The molecule has 0 spiro atoms. The standard InChI is InChI=1S/C38H35N2OS.Pt/c1-37(2,3)28-16-17-39-32(22-28)27-19-25(24-12-8-7-9-13-24)18-26(20-27)31-21-29(38(4,5)6)23-34-35(31)40-36(42-34)30-14-10-11-15-33(30)41;/h7-19,21-23,41H,1-6H3;/q-1;. The fraction of sp³-hybridized carbons (Fsp3) is 0.211. The molecule has 0 saturated heterocycles. The first-order valence-electron chi connectivity index (χ1n) is 14.3. The van der Waals surface area contributed by atoms with Gasteiger partial charge in [-0.05, 0) is 51.8 Å². The number of thiazole rings is 1. The van der Waals surface area contributed by atoms with E-state index < -0.39 is 0 Å². The summed E-state index contributed by atoms with van der Waals surface area (Å²) in [4.78, 5) is 9.91. The molecule has 0 aliphatic rings. The minimum Gasteiger partial charge on any atom is -0.507 e. The number of phenols is 1. The number of hydrogen-bond acceptors (Lipinski definition) is 4. The van der Waals surface area contributed by atoms with Gasteiger partial charge in [0, 0.05) is 37.7 Å². The summed E-state index contributed by atoms with van der Waals surface area (Å²) in [5, 5.41) is 11.4. The van der Waals surface area contributed by atoms with E-state index in [1.807, 2.05) is 30.5 Å². The van der Waals surface area contributed by atoms with Crippen molar-refractivity contribution in [3.63, 3.8) is 0 Å². The van der Waals surface area contributed by atoms with Crippen LogP contribution in [0.4, 0.5) is 0 Å². The molecule has 0 saturated carbocycles. The Balaban J connectivity index is 0.00000368. The van der Waals surface area contributed by atoms with Crippen molar-refractivity contribution in [2.24, 2.45) is 0 Å². The average Bonchev–Trinajstić information content (AvgIpc) is 3.40. The Morgan fingerprint density at radius 1 is 0.674 bits per heavy atom. The van der Waals surface area contributed by atoms with Crippen molar-refractivity contribution >= 4 is 21.6 Å². The predicted molar refractivity (Wildman–Crippen MR) is 177 cm³/mol. The summed E-state index contributed by atoms with van der Waals surface area (Å²) in [7, 11) is 0. The van der Waals surface area contributed by atoms with Gasteiger partial charge in [-0.25, -0.2) is 4.98 Å². The molecule has 0 aliphatic carbocycles. The molecule has 0 amide bonds. The molecule has 6 rings (SSSR count). The second kappa shape index (κ2) is 11.8. The van der Waals surface area contributed by atoms with Gasteiger partial charge in [-0.2, -0.15) is 0 Å². The molecule has 220 valence electrons. The van der Waals surface area contributed by atoms with Crippen LogP contribution >= 0.6 is 11.3 Å².